The fourth-order valence-electron chi connectivity index (χ4n) is 3.18. The van der Waals surface area contributed by atoms with Gasteiger partial charge in [-0.05, 0) is 24.3 Å². The second-order valence-electron chi connectivity index (χ2n) is 6.47. The molecular weight excluding hydrogens is 420 g/mol. The number of amidine groups is 1. The average molecular weight is 431 g/mol. The summed E-state index contributed by atoms with van der Waals surface area (Å²) in [4.78, 5) is 16.6. The molecule has 2 aliphatic rings. The number of rotatable bonds is 1. The number of thioether (sulfide) groups is 1. The maximum Gasteiger partial charge on any atom is 0.416 e. The largest absolute Gasteiger partial charge is 0.416 e. The maximum atomic E-state index is 13.0. The lowest BCUT2D eigenvalue weighted by Crippen LogP contribution is -2.32. The number of carbonyl (C=O) groups is 1. The molecule has 1 atom stereocenters. The number of anilines is 2. The third-order valence-corrected chi connectivity index (χ3v) is 5.84. The van der Waals surface area contributed by atoms with Gasteiger partial charge in [0.05, 0.1) is 17.7 Å². The van der Waals surface area contributed by atoms with Gasteiger partial charge in [-0.2, -0.15) is 26.3 Å². The number of fused-ring (bicyclic) bond motifs is 2. The minimum atomic E-state index is -4.95. The quantitative estimate of drug-likeness (QED) is 0.619. The van der Waals surface area contributed by atoms with Crippen LogP contribution in [0.5, 0.6) is 0 Å². The van der Waals surface area contributed by atoms with Gasteiger partial charge in [0.2, 0.25) is 5.91 Å². The van der Waals surface area contributed by atoms with E-state index in [2.05, 4.69) is 15.6 Å². The summed E-state index contributed by atoms with van der Waals surface area (Å²) in [7, 11) is 0. The van der Waals surface area contributed by atoms with Crippen molar-refractivity contribution in [3.8, 4) is 0 Å². The fourth-order valence-corrected chi connectivity index (χ4v) is 4.37. The Bertz CT molecular complexity index is 1000. The van der Waals surface area contributed by atoms with Crippen molar-refractivity contribution in [3.63, 3.8) is 0 Å². The van der Waals surface area contributed by atoms with E-state index >= 15 is 0 Å². The van der Waals surface area contributed by atoms with Crippen molar-refractivity contribution >= 4 is 34.2 Å². The molecule has 4 nitrogen and oxygen atoms in total. The lowest BCUT2D eigenvalue weighted by atomic mass is 10.00. The molecule has 0 radical (unpaired) electrons. The number of halogens is 6. The van der Waals surface area contributed by atoms with E-state index in [1.807, 2.05) is 0 Å². The Morgan fingerprint density at radius 1 is 1.00 bits per heavy atom. The Kier molecular flexibility index (Phi) is 4.34. The van der Waals surface area contributed by atoms with Crippen LogP contribution >= 0.6 is 11.8 Å². The van der Waals surface area contributed by atoms with Gasteiger partial charge in [-0.25, -0.2) is 0 Å². The number of aliphatic imine (C=N–C) groups is 1. The van der Waals surface area contributed by atoms with Gasteiger partial charge in [0.1, 0.15) is 4.75 Å². The molecule has 0 fully saturated rings. The van der Waals surface area contributed by atoms with Crippen molar-refractivity contribution in [2.45, 2.75) is 17.1 Å². The Labute approximate surface area is 164 Å². The molecule has 0 aromatic heterocycles. The molecule has 4 rings (SSSR count). The highest BCUT2D eigenvalue weighted by Gasteiger charge is 2.51. The van der Waals surface area contributed by atoms with Crippen molar-refractivity contribution in [2.24, 2.45) is 4.99 Å². The molecule has 152 valence electrons. The zero-order valence-electron chi connectivity index (χ0n) is 14.3. The van der Waals surface area contributed by atoms with Gasteiger partial charge in [-0.1, -0.05) is 30.0 Å². The van der Waals surface area contributed by atoms with Crippen molar-refractivity contribution < 1.29 is 31.1 Å². The van der Waals surface area contributed by atoms with E-state index < -0.39 is 33.9 Å². The number of hydrogen-bond donors (Lipinski definition) is 2. The van der Waals surface area contributed by atoms with E-state index in [1.165, 1.54) is 0 Å². The number of benzene rings is 2. The smallest absolute Gasteiger partial charge is 0.335 e. The van der Waals surface area contributed by atoms with E-state index in [-0.39, 0.29) is 23.7 Å². The van der Waals surface area contributed by atoms with Gasteiger partial charge in [-0.15, -0.1) is 0 Å². The number of nitrogens with zero attached hydrogens (tertiary/aromatic N) is 1. The third kappa shape index (κ3) is 3.43. The highest BCUT2D eigenvalue weighted by atomic mass is 32.2. The van der Waals surface area contributed by atoms with Crippen molar-refractivity contribution in [2.75, 3.05) is 17.2 Å². The van der Waals surface area contributed by atoms with Crippen LogP contribution in [0.2, 0.25) is 0 Å². The molecule has 2 aromatic carbocycles. The highest BCUT2D eigenvalue weighted by Crippen LogP contribution is 2.49. The number of alkyl halides is 6. The summed E-state index contributed by atoms with van der Waals surface area (Å²) in [5.74, 6) is -0.343. The molecule has 0 bridgehead atoms. The zero-order chi connectivity index (χ0) is 21.0. The minimum Gasteiger partial charge on any atom is -0.335 e. The summed E-state index contributed by atoms with van der Waals surface area (Å²) < 4.78 is 77.0. The molecule has 29 heavy (non-hydrogen) atoms. The van der Waals surface area contributed by atoms with E-state index in [0.29, 0.717) is 23.4 Å². The molecule has 1 unspecified atom stereocenters. The summed E-state index contributed by atoms with van der Waals surface area (Å²) in [6, 6.07) is 8.10. The molecule has 2 aromatic rings. The number of carbonyl (C=O) groups excluding carboxylic acids is 1. The Morgan fingerprint density at radius 3 is 2.24 bits per heavy atom. The SMILES string of the molecule is O=C1Nc2ccccc2C12CN=C(Nc1cc(C(F)(F)F)cc(C(F)(F)F)c1)S2. The monoisotopic (exact) mass is 431 g/mol. The summed E-state index contributed by atoms with van der Waals surface area (Å²) >= 11 is 0.957. The van der Waals surface area contributed by atoms with Gasteiger partial charge >= 0.3 is 12.4 Å². The zero-order valence-corrected chi connectivity index (χ0v) is 15.1. The Balaban J connectivity index is 1.64. The van der Waals surface area contributed by atoms with Crippen LogP contribution < -0.4 is 10.6 Å². The lowest BCUT2D eigenvalue weighted by Gasteiger charge is -2.19. The highest BCUT2D eigenvalue weighted by molar-refractivity contribution is 8.15. The number of para-hydroxylation sites is 1. The normalized spacial score (nSPS) is 21.2. The van der Waals surface area contributed by atoms with Crippen LogP contribution in [-0.4, -0.2) is 17.6 Å². The van der Waals surface area contributed by atoms with Crippen LogP contribution in [0.15, 0.2) is 47.5 Å². The first-order valence-corrected chi connectivity index (χ1v) is 9.02. The fraction of sp³-hybridized carbons (Fsp3) is 0.222. The standard InChI is InChI=1S/C18H11F6N3OS/c19-17(20,21)9-5-10(18(22,23)24)7-11(6-9)26-15-25-8-16(29-15)12-3-1-2-4-13(12)27-14(16)28/h1-7H,8H2,(H,25,26)(H,27,28). The van der Waals surface area contributed by atoms with Crippen molar-refractivity contribution in [3.05, 3.63) is 59.2 Å². The summed E-state index contributed by atoms with van der Waals surface area (Å²) in [6.07, 6.45) is -9.90. The van der Waals surface area contributed by atoms with Crippen LogP contribution in [0, 0.1) is 0 Å². The van der Waals surface area contributed by atoms with Crippen molar-refractivity contribution in [1.82, 2.24) is 0 Å². The molecule has 0 saturated carbocycles. The second-order valence-corrected chi connectivity index (χ2v) is 7.76. The predicted molar refractivity (Wildman–Crippen MR) is 96.7 cm³/mol. The topological polar surface area (TPSA) is 53.5 Å². The molecule has 2 aliphatic heterocycles. The predicted octanol–water partition coefficient (Wildman–Crippen LogP) is 5.09. The molecule has 0 saturated heterocycles. The van der Waals surface area contributed by atoms with Gasteiger partial charge < -0.3 is 10.6 Å². The van der Waals surface area contributed by atoms with Gasteiger partial charge in [0.25, 0.3) is 0 Å². The maximum absolute atomic E-state index is 13.0. The number of nitrogens with one attached hydrogen (secondary N) is 2. The number of hydrogen-bond acceptors (Lipinski definition) is 4. The summed E-state index contributed by atoms with van der Waals surface area (Å²) in [5.41, 5.74) is -2.02. The Morgan fingerprint density at radius 2 is 1.62 bits per heavy atom. The van der Waals surface area contributed by atoms with Gasteiger partial charge in [-0.3, -0.25) is 9.79 Å². The molecule has 2 heterocycles. The van der Waals surface area contributed by atoms with Crippen LogP contribution in [0.3, 0.4) is 0 Å². The van der Waals surface area contributed by atoms with E-state index in [9.17, 15) is 31.1 Å². The van der Waals surface area contributed by atoms with Gasteiger partial charge in [0.15, 0.2) is 5.17 Å². The average Bonchev–Trinajstić information content (AvgIpc) is 3.16. The molecule has 2 N–H and O–H groups in total. The van der Waals surface area contributed by atoms with Gasteiger partial charge in [0, 0.05) is 16.9 Å². The third-order valence-electron chi connectivity index (χ3n) is 4.53. The van der Waals surface area contributed by atoms with Crippen molar-refractivity contribution in [1.29, 1.82) is 0 Å². The van der Waals surface area contributed by atoms with Crippen LogP contribution in [0.1, 0.15) is 16.7 Å². The van der Waals surface area contributed by atoms with E-state index in [4.69, 9.17) is 0 Å². The lowest BCUT2D eigenvalue weighted by molar-refractivity contribution is -0.143. The van der Waals surface area contributed by atoms with E-state index in [1.54, 1.807) is 24.3 Å². The first-order valence-electron chi connectivity index (χ1n) is 8.20. The van der Waals surface area contributed by atoms with Crippen LogP contribution in [-0.2, 0) is 21.9 Å². The summed E-state index contributed by atoms with van der Waals surface area (Å²) in [6.45, 7) is 0.00787. The Hall–Kier alpha value is -2.69. The summed E-state index contributed by atoms with van der Waals surface area (Å²) in [5, 5.41) is 5.28. The molecule has 1 spiro atoms. The minimum absolute atomic E-state index is 0.00787. The van der Waals surface area contributed by atoms with E-state index in [0.717, 1.165) is 11.8 Å². The van der Waals surface area contributed by atoms with Crippen LogP contribution in [0.4, 0.5) is 37.7 Å². The molecule has 11 heteroatoms. The van der Waals surface area contributed by atoms with Crippen LogP contribution in [0.25, 0.3) is 0 Å². The molecule has 1 amide bonds. The first kappa shape index (κ1) is 19.6. The first-order chi connectivity index (χ1) is 13.5. The second kappa shape index (κ2) is 6.41. The molecular formula is C18H11F6N3OS. The molecule has 0 aliphatic carbocycles. The number of amides is 1.